The highest BCUT2D eigenvalue weighted by Crippen LogP contribution is 2.22. The second-order valence-corrected chi connectivity index (χ2v) is 5.14. The first-order valence-electron chi connectivity index (χ1n) is 5.56. The summed E-state index contributed by atoms with van der Waals surface area (Å²) in [5.41, 5.74) is 0. The van der Waals surface area contributed by atoms with Gasteiger partial charge in [-0.05, 0) is 12.7 Å². The summed E-state index contributed by atoms with van der Waals surface area (Å²) in [6.07, 6.45) is 2.96. The topological polar surface area (TPSA) is 64.1 Å². The fourth-order valence-electron chi connectivity index (χ4n) is 1.10. The number of hydrogen-bond acceptors (Lipinski definition) is 7. The lowest BCUT2D eigenvalue weighted by molar-refractivity contribution is -0.137. The van der Waals surface area contributed by atoms with Gasteiger partial charge in [0.1, 0.15) is 10.8 Å². The molecule has 0 amide bonds. The molecule has 0 atom stereocenters. The van der Waals surface area contributed by atoms with Gasteiger partial charge in [0.25, 0.3) is 0 Å². The summed E-state index contributed by atoms with van der Waals surface area (Å²) in [4.78, 5) is 19.8. The van der Waals surface area contributed by atoms with Gasteiger partial charge in [0, 0.05) is 12.6 Å². The number of methoxy groups -OCH3 is 1. The summed E-state index contributed by atoms with van der Waals surface area (Å²) in [6, 6.07) is 1.85. The minimum Gasteiger partial charge on any atom is -0.468 e. The van der Waals surface area contributed by atoms with E-state index in [-0.39, 0.29) is 11.7 Å². The monoisotopic (exact) mass is 287 g/mol. The van der Waals surface area contributed by atoms with Crippen molar-refractivity contribution in [1.82, 2.24) is 9.97 Å². The standard InChI is InChI=1S/C11H17N3O2S2/c1-4-5-12-8-6-9(14-11(13-8)17-3)18-7-10(15)16-2/h6H,4-5,7H2,1-3H3,(H,12,13,14). The van der Waals surface area contributed by atoms with Crippen LogP contribution in [0.15, 0.2) is 16.2 Å². The van der Waals surface area contributed by atoms with Gasteiger partial charge in [-0.3, -0.25) is 4.79 Å². The molecule has 0 saturated carbocycles. The van der Waals surface area contributed by atoms with E-state index in [1.165, 1.54) is 30.6 Å². The summed E-state index contributed by atoms with van der Waals surface area (Å²) in [5, 5.41) is 4.69. The van der Waals surface area contributed by atoms with Gasteiger partial charge in [0.05, 0.1) is 12.9 Å². The van der Waals surface area contributed by atoms with Crippen molar-refractivity contribution in [2.75, 3.05) is 31.0 Å². The van der Waals surface area contributed by atoms with E-state index < -0.39 is 0 Å². The molecule has 0 radical (unpaired) electrons. The molecule has 0 aliphatic heterocycles. The molecule has 0 spiro atoms. The zero-order valence-corrected chi connectivity index (χ0v) is 12.4. The summed E-state index contributed by atoms with van der Waals surface area (Å²) in [6.45, 7) is 2.96. The molecule has 1 heterocycles. The third-order valence-electron chi connectivity index (χ3n) is 1.99. The predicted octanol–water partition coefficient (Wildman–Crippen LogP) is 2.29. The number of thioether (sulfide) groups is 2. The van der Waals surface area contributed by atoms with Gasteiger partial charge in [0.15, 0.2) is 5.16 Å². The number of anilines is 1. The Morgan fingerprint density at radius 3 is 2.89 bits per heavy atom. The predicted molar refractivity (Wildman–Crippen MR) is 75.3 cm³/mol. The normalized spacial score (nSPS) is 10.2. The molecule has 0 aromatic carbocycles. The van der Waals surface area contributed by atoms with E-state index in [0.29, 0.717) is 5.16 Å². The Morgan fingerprint density at radius 1 is 1.50 bits per heavy atom. The van der Waals surface area contributed by atoms with E-state index >= 15 is 0 Å². The van der Waals surface area contributed by atoms with Gasteiger partial charge in [-0.25, -0.2) is 9.97 Å². The van der Waals surface area contributed by atoms with Crippen molar-refractivity contribution in [2.24, 2.45) is 0 Å². The second kappa shape index (κ2) is 8.20. The maximum Gasteiger partial charge on any atom is 0.316 e. The molecule has 0 fully saturated rings. The Morgan fingerprint density at radius 2 is 2.28 bits per heavy atom. The molecular formula is C11H17N3O2S2. The van der Waals surface area contributed by atoms with Gasteiger partial charge in [-0.1, -0.05) is 30.4 Å². The maximum atomic E-state index is 11.1. The molecule has 0 aliphatic carbocycles. The first-order valence-corrected chi connectivity index (χ1v) is 7.77. The Kier molecular flexibility index (Phi) is 6.89. The zero-order chi connectivity index (χ0) is 13.4. The van der Waals surface area contributed by atoms with Gasteiger partial charge in [-0.15, -0.1) is 0 Å². The highest BCUT2D eigenvalue weighted by atomic mass is 32.2. The molecule has 1 N–H and O–H groups in total. The van der Waals surface area contributed by atoms with Crippen LogP contribution in [0.3, 0.4) is 0 Å². The molecule has 5 nitrogen and oxygen atoms in total. The summed E-state index contributed by atoms with van der Waals surface area (Å²) in [7, 11) is 1.38. The number of esters is 1. The average Bonchev–Trinajstić information content (AvgIpc) is 2.42. The lowest BCUT2D eigenvalue weighted by Crippen LogP contribution is -2.06. The fourth-order valence-corrected chi connectivity index (χ4v) is 2.27. The molecule has 1 aromatic rings. The van der Waals surface area contributed by atoms with Crippen LogP contribution in [0.4, 0.5) is 5.82 Å². The van der Waals surface area contributed by atoms with Crippen molar-refractivity contribution in [2.45, 2.75) is 23.5 Å². The van der Waals surface area contributed by atoms with Crippen molar-refractivity contribution in [1.29, 1.82) is 0 Å². The Hall–Kier alpha value is -0.950. The van der Waals surface area contributed by atoms with Gasteiger partial charge in [0.2, 0.25) is 0 Å². The van der Waals surface area contributed by atoms with Gasteiger partial charge >= 0.3 is 5.97 Å². The molecule has 1 rings (SSSR count). The Bertz CT molecular complexity index is 402. The smallest absolute Gasteiger partial charge is 0.316 e. The number of rotatable bonds is 7. The summed E-state index contributed by atoms with van der Waals surface area (Å²) >= 11 is 2.83. The molecule has 0 aliphatic rings. The van der Waals surface area contributed by atoms with Crippen LogP contribution < -0.4 is 5.32 Å². The van der Waals surface area contributed by atoms with Crippen LogP contribution in [-0.4, -0.2) is 41.6 Å². The lowest BCUT2D eigenvalue weighted by atomic mass is 10.4. The number of aromatic nitrogens is 2. The number of nitrogens with zero attached hydrogens (tertiary/aromatic N) is 2. The molecule has 100 valence electrons. The highest BCUT2D eigenvalue weighted by Gasteiger charge is 2.07. The van der Waals surface area contributed by atoms with Gasteiger partial charge < -0.3 is 10.1 Å². The van der Waals surface area contributed by atoms with Crippen LogP contribution in [0.5, 0.6) is 0 Å². The minimum absolute atomic E-state index is 0.257. The SMILES string of the molecule is CCCNc1cc(SCC(=O)OC)nc(SC)n1. The Balaban J connectivity index is 2.73. The Labute approximate surface area is 115 Å². The number of carbonyl (C=O) groups is 1. The van der Waals surface area contributed by atoms with Crippen LogP contribution in [0.25, 0.3) is 0 Å². The van der Waals surface area contributed by atoms with Crippen molar-refractivity contribution < 1.29 is 9.53 Å². The van der Waals surface area contributed by atoms with Crippen LogP contribution in [-0.2, 0) is 9.53 Å². The summed E-state index contributed by atoms with van der Waals surface area (Å²) < 4.78 is 4.60. The fraction of sp³-hybridized carbons (Fsp3) is 0.545. The molecule has 18 heavy (non-hydrogen) atoms. The van der Waals surface area contributed by atoms with Crippen molar-refractivity contribution in [3.8, 4) is 0 Å². The molecular weight excluding hydrogens is 270 g/mol. The molecule has 1 aromatic heterocycles. The maximum absolute atomic E-state index is 11.1. The first-order chi connectivity index (χ1) is 8.69. The third-order valence-corrected chi connectivity index (χ3v) is 3.42. The van der Waals surface area contributed by atoms with Crippen molar-refractivity contribution >= 4 is 35.3 Å². The first kappa shape index (κ1) is 15.1. The van der Waals surface area contributed by atoms with E-state index in [0.717, 1.165) is 23.8 Å². The van der Waals surface area contributed by atoms with Crippen LogP contribution >= 0.6 is 23.5 Å². The number of ether oxygens (including phenoxy) is 1. The highest BCUT2D eigenvalue weighted by molar-refractivity contribution is 8.00. The van der Waals surface area contributed by atoms with E-state index in [9.17, 15) is 4.79 Å². The number of nitrogens with one attached hydrogen (secondary N) is 1. The summed E-state index contributed by atoms with van der Waals surface area (Å²) in [5.74, 6) is 0.796. The second-order valence-electron chi connectivity index (χ2n) is 3.37. The van der Waals surface area contributed by atoms with Crippen molar-refractivity contribution in [3.63, 3.8) is 0 Å². The van der Waals surface area contributed by atoms with E-state index in [4.69, 9.17) is 0 Å². The lowest BCUT2D eigenvalue weighted by Gasteiger charge is -2.07. The van der Waals surface area contributed by atoms with Crippen LogP contribution in [0.2, 0.25) is 0 Å². The quantitative estimate of drug-likeness (QED) is 0.357. The van der Waals surface area contributed by atoms with E-state index in [1.54, 1.807) is 0 Å². The van der Waals surface area contributed by atoms with E-state index in [2.05, 4.69) is 26.9 Å². The van der Waals surface area contributed by atoms with E-state index in [1.807, 2.05) is 12.3 Å². The zero-order valence-electron chi connectivity index (χ0n) is 10.7. The van der Waals surface area contributed by atoms with Crippen LogP contribution in [0.1, 0.15) is 13.3 Å². The molecule has 0 bridgehead atoms. The molecule has 0 saturated heterocycles. The average molecular weight is 287 g/mol. The molecule has 7 heteroatoms. The number of hydrogen-bond donors (Lipinski definition) is 1. The van der Waals surface area contributed by atoms with Crippen LogP contribution in [0, 0.1) is 0 Å². The van der Waals surface area contributed by atoms with Gasteiger partial charge in [-0.2, -0.15) is 0 Å². The third kappa shape index (κ3) is 5.14. The van der Waals surface area contributed by atoms with Crippen molar-refractivity contribution in [3.05, 3.63) is 6.07 Å². The minimum atomic E-state index is -0.257. The molecule has 0 unspecified atom stereocenters. The largest absolute Gasteiger partial charge is 0.468 e. The number of carbonyl (C=O) groups excluding carboxylic acids is 1.